The third-order valence-electron chi connectivity index (χ3n) is 8.92. The summed E-state index contributed by atoms with van der Waals surface area (Å²) in [6.45, 7) is 6.00. The van der Waals surface area contributed by atoms with Crippen molar-refractivity contribution < 1.29 is 0 Å². The van der Waals surface area contributed by atoms with E-state index in [1.165, 1.54) is 38.9 Å². The van der Waals surface area contributed by atoms with Crippen LogP contribution >= 0.6 is 0 Å². The zero-order valence-electron chi connectivity index (χ0n) is 24.8. The molecule has 0 radical (unpaired) electrons. The molecule has 2 aliphatic carbocycles. The summed E-state index contributed by atoms with van der Waals surface area (Å²) < 4.78 is 0. The van der Waals surface area contributed by atoms with Crippen molar-refractivity contribution in [1.82, 2.24) is 0 Å². The van der Waals surface area contributed by atoms with Crippen molar-refractivity contribution in [2.75, 3.05) is 0 Å². The molecule has 0 aliphatic heterocycles. The SMILES string of the molecule is C=N/C(=N\C(=N)C1=CCC(C)(c2ccc3c(c2)Cc2cccc(-c4ccccc4)c2-3)C=C1)c1ccc(-c2ccccc2)cc1. The number of allylic oxidation sites excluding steroid dienone is 2. The molecule has 44 heavy (non-hydrogen) atoms. The molecule has 0 saturated carbocycles. The normalized spacial score (nSPS) is 17.0. The molecule has 5 aromatic rings. The summed E-state index contributed by atoms with van der Waals surface area (Å²) in [5.41, 5.74) is 13.1. The number of amidine groups is 2. The summed E-state index contributed by atoms with van der Waals surface area (Å²) in [6, 6.07) is 42.6. The van der Waals surface area contributed by atoms with Gasteiger partial charge < -0.3 is 0 Å². The van der Waals surface area contributed by atoms with E-state index in [1.54, 1.807) is 0 Å². The fourth-order valence-electron chi connectivity index (χ4n) is 6.39. The van der Waals surface area contributed by atoms with Gasteiger partial charge in [-0.15, -0.1) is 0 Å². The summed E-state index contributed by atoms with van der Waals surface area (Å²) in [4.78, 5) is 8.72. The number of fused-ring (bicyclic) bond motifs is 3. The van der Waals surface area contributed by atoms with Crippen LogP contribution in [-0.2, 0) is 11.8 Å². The van der Waals surface area contributed by atoms with Crippen molar-refractivity contribution in [1.29, 1.82) is 5.41 Å². The second-order valence-corrected chi connectivity index (χ2v) is 11.8. The summed E-state index contributed by atoms with van der Waals surface area (Å²) in [6.07, 6.45) is 8.12. The molecule has 7 rings (SSSR count). The van der Waals surface area contributed by atoms with Crippen LogP contribution in [0, 0.1) is 5.41 Å². The molecule has 0 amide bonds. The van der Waals surface area contributed by atoms with Gasteiger partial charge in [-0.2, -0.15) is 0 Å². The van der Waals surface area contributed by atoms with Gasteiger partial charge in [0.15, 0.2) is 11.7 Å². The number of aliphatic imine (C=N–C) groups is 2. The average Bonchev–Trinajstić information content (AvgIpc) is 3.47. The van der Waals surface area contributed by atoms with Gasteiger partial charge >= 0.3 is 0 Å². The Hall–Kier alpha value is -5.41. The van der Waals surface area contributed by atoms with Crippen LogP contribution in [0.15, 0.2) is 155 Å². The first kappa shape index (κ1) is 27.4. The highest BCUT2D eigenvalue weighted by atomic mass is 14.9. The second-order valence-electron chi connectivity index (χ2n) is 11.8. The van der Waals surface area contributed by atoms with Crippen molar-refractivity contribution in [2.45, 2.75) is 25.2 Å². The zero-order chi connectivity index (χ0) is 30.1. The van der Waals surface area contributed by atoms with Crippen molar-refractivity contribution in [3.8, 4) is 33.4 Å². The molecule has 0 bridgehead atoms. The first-order valence-electron chi connectivity index (χ1n) is 15.0. The number of nitrogens with zero attached hydrogens (tertiary/aromatic N) is 2. The van der Waals surface area contributed by atoms with Gasteiger partial charge in [0.05, 0.1) is 0 Å². The molecule has 0 saturated heterocycles. The van der Waals surface area contributed by atoms with Crippen molar-refractivity contribution in [2.24, 2.45) is 9.98 Å². The van der Waals surface area contributed by atoms with Gasteiger partial charge in [-0.25, -0.2) is 9.98 Å². The molecule has 0 heterocycles. The van der Waals surface area contributed by atoms with Crippen LogP contribution in [0.25, 0.3) is 33.4 Å². The maximum absolute atomic E-state index is 8.75. The van der Waals surface area contributed by atoms with Gasteiger partial charge in [0, 0.05) is 16.6 Å². The molecule has 3 nitrogen and oxygen atoms in total. The Bertz CT molecular complexity index is 1980. The summed E-state index contributed by atoms with van der Waals surface area (Å²) in [5.74, 6) is 0.640. The van der Waals surface area contributed by atoms with Gasteiger partial charge in [-0.3, -0.25) is 5.41 Å². The minimum atomic E-state index is -0.160. The predicted octanol–water partition coefficient (Wildman–Crippen LogP) is 9.86. The van der Waals surface area contributed by atoms with Crippen LogP contribution in [0.1, 0.15) is 35.6 Å². The highest BCUT2D eigenvalue weighted by Crippen LogP contribution is 2.45. The summed E-state index contributed by atoms with van der Waals surface area (Å²) >= 11 is 0. The lowest BCUT2D eigenvalue weighted by Gasteiger charge is -2.29. The number of nitrogens with one attached hydrogen (secondary N) is 1. The standard InChI is InChI=1S/C41H33N3/c1-41(35-20-21-37-34(27-35)26-33-14-9-15-36(38(33)37)30-12-7-4-8-13-30)24-22-31(23-25-41)39(42)44-40(43-2)32-18-16-29(17-19-32)28-10-5-3-6-11-28/h3-24,27,42H,2,25-26H2,1H3/b42-39?,44-40-. The predicted molar refractivity (Wildman–Crippen MR) is 185 cm³/mol. The lowest BCUT2D eigenvalue weighted by atomic mass is 9.75. The van der Waals surface area contributed by atoms with Crippen LogP contribution in [0.2, 0.25) is 0 Å². The fraction of sp³-hybridized carbons (Fsp3) is 0.0976. The van der Waals surface area contributed by atoms with E-state index in [0.717, 1.165) is 35.1 Å². The highest BCUT2D eigenvalue weighted by Gasteiger charge is 2.29. The van der Waals surface area contributed by atoms with E-state index in [1.807, 2.05) is 36.4 Å². The highest BCUT2D eigenvalue weighted by molar-refractivity contribution is 6.12. The van der Waals surface area contributed by atoms with E-state index in [0.29, 0.717) is 5.84 Å². The molecule has 1 unspecified atom stereocenters. The maximum Gasteiger partial charge on any atom is 0.161 e. The van der Waals surface area contributed by atoms with Gasteiger partial charge in [0.2, 0.25) is 0 Å². The van der Waals surface area contributed by atoms with Gasteiger partial charge in [0.1, 0.15) is 0 Å². The van der Waals surface area contributed by atoms with Gasteiger partial charge in [0.25, 0.3) is 0 Å². The summed E-state index contributed by atoms with van der Waals surface area (Å²) in [7, 11) is 0. The Labute approximate surface area is 259 Å². The lowest BCUT2D eigenvalue weighted by Crippen LogP contribution is -2.21. The molecule has 1 N–H and O–H groups in total. The molecule has 1 atom stereocenters. The number of benzene rings is 5. The Morgan fingerprint density at radius 3 is 2.11 bits per heavy atom. The third kappa shape index (κ3) is 5.07. The second kappa shape index (κ2) is 11.3. The monoisotopic (exact) mass is 567 g/mol. The smallest absolute Gasteiger partial charge is 0.161 e. The molecule has 212 valence electrons. The molecule has 0 spiro atoms. The van der Waals surface area contributed by atoms with E-state index in [4.69, 9.17) is 5.41 Å². The minimum absolute atomic E-state index is 0.160. The Kier molecular flexibility index (Phi) is 7.07. The maximum atomic E-state index is 8.75. The van der Waals surface area contributed by atoms with E-state index in [2.05, 4.69) is 127 Å². The fourth-order valence-corrected chi connectivity index (χ4v) is 6.39. The van der Waals surface area contributed by atoms with Gasteiger partial charge in [-0.05, 0) is 69.6 Å². The molecular weight excluding hydrogens is 534 g/mol. The van der Waals surface area contributed by atoms with E-state index >= 15 is 0 Å². The lowest BCUT2D eigenvalue weighted by molar-refractivity contribution is 0.597. The first-order valence-corrected chi connectivity index (χ1v) is 15.0. The minimum Gasteiger partial charge on any atom is -0.282 e. The molecule has 0 aromatic heterocycles. The third-order valence-corrected chi connectivity index (χ3v) is 8.92. The quantitative estimate of drug-likeness (QED) is 0.159. The van der Waals surface area contributed by atoms with Crippen LogP contribution < -0.4 is 0 Å². The Morgan fingerprint density at radius 1 is 0.727 bits per heavy atom. The average molecular weight is 568 g/mol. The van der Waals surface area contributed by atoms with Crippen LogP contribution in [0.4, 0.5) is 0 Å². The molecule has 2 aliphatic rings. The summed E-state index contributed by atoms with van der Waals surface area (Å²) in [5, 5.41) is 8.75. The topological polar surface area (TPSA) is 48.6 Å². The van der Waals surface area contributed by atoms with Crippen molar-refractivity contribution in [3.63, 3.8) is 0 Å². The molecule has 3 heteroatoms. The Morgan fingerprint density at radius 2 is 1.43 bits per heavy atom. The van der Waals surface area contributed by atoms with Gasteiger partial charge in [-0.1, -0.05) is 146 Å². The van der Waals surface area contributed by atoms with Crippen LogP contribution in [0.5, 0.6) is 0 Å². The molecular formula is C41H33N3. The van der Waals surface area contributed by atoms with Crippen molar-refractivity contribution >= 4 is 18.4 Å². The zero-order valence-corrected chi connectivity index (χ0v) is 24.8. The number of hydrogen-bond donors (Lipinski definition) is 1. The largest absolute Gasteiger partial charge is 0.282 e. The van der Waals surface area contributed by atoms with Crippen LogP contribution in [-0.4, -0.2) is 18.4 Å². The van der Waals surface area contributed by atoms with E-state index < -0.39 is 0 Å². The van der Waals surface area contributed by atoms with Crippen LogP contribution in [0.3, 0.4) is 0 Å². The molecule has 0 fully saturated rings. The van der Waals surface area contributed by atoms with Crippen molar-refractivity contribution in [3.05, 3.63) is 167 Å². The number of hydrogen-bond acceptors (Lipinski definition) is 1. The van der Waals surface area contributed by atoms with E-state index in [9.17, 15) is 0 Å². The van der Waals surface area contributed by atoms with E-state index in [-0.39, 0.29) is 11.3 Å². The Balaban J connectivity index is 1.10. The molecule has 5 aromatic carbocycles. The first-order chi connectivity index (χ1) is 21.5. The number of rotatable bonds is 5.